The maximum atomic E-state index is 2.71. The Morgan fingerprint density at radius 1 is 0.735 bits per heavy atom. The van der Waals surface area contributed by atoms with Gasteiger partial charge in [0.1, 0.15) is 0 Å². The van der Waals surface area contributed by atoms with Crippen molar-refractivity contribution < 1.29 is 0 Å². The van der Waals surface area contributed by atoms with Crippen molar-refractivity contribution in [3.05, 3.63) is 50.1 Å². The summed E-state index contributed by atoms with van der Waals surface area (Å²) in [6, 6.07) is 0. The van der Waals surface area contributed by atoms with Crippen molar-refractivity contribution in [1.82, 2.24) is 0 Å². The van der Waals surface area contributed by atoms with Crippen molar-refractivity contribution in [3.8, 4) is 11.1 Å². The first-order valence-electron chi connectivity index (χ1n) is 14.0. The standard InChI is InChI=1S/C33H45P/c1-16-12-23-24-13-32(8,9)29-22(7)25(24)30-28(29)27(23)26-20(5)18(3)19(4)21(6)31(26)34(16,14-17(34)2)15-33(30,10)11/h16-17,22,29H,12-15H2,1-11H3. The van der Waals surface area contributed by atoms with Crippen LogP contribution in [0.15, 0.2) is 0 Å². The van der Waals surface area contributed by atoms with Crippen molar-refractivity contribution in [3.63, 3.8) is 0 Å². The van der Waals surface area contributed by atoms with Gasteiger partial charge in [0, 0.05) is 0 Å². The molecule has 2 aromatic carbocycles. The van der Waals surface area contributed by atoms with Crippen molar-refractivity contribution in [2.45, 2.75) is 118 Å². The predicted octanol–water partition coefficient (Wildman–Crippen LogP) is 8.19. The first-order valence-corrected chi connectivity index (χ1v) is 16.8. The van der Waals surface area contributed by atoms with Gasteiger partial charge in [0.25, 0.3) is 0 Å². The molecule has 0 nitrogen and oxygen atoms in total. The van der Waals surface area contributed by atoms with Crippen LogP contribution in [0, 0.1) is 33.1 Å². The Morgan fingerprint density at radius 2 is 1.35 bits per heavy atom. The zero-order chi connectivity index (χ0) is 24.5. The van der Waals surface area contributed by atoms with Crippen LogP contribution in [0.3, 0.4) is 0 Å². The summed E-state index contributed by atoms with van der Waals surface area (Å²) in [7, 11) is 0. The minimum atomic E-state index is -2.10. The topological polar surface area (TPSA) is 0 Å². The Hall–Kier alpha value is -1.13. The third kappa shape index (κ3) is 1.95. The van der Waals surface area contributed by atoms with Crippen LogP contribution in [0.2, 0.25) is 0 Å². The Bertz CT molecular complexity index is 1370. The number of rotatable bonds is 0. The molecule has 1 heteroatoms. The second-order valence-corrected chi connectivity index (χ2v) is 21.2. The molecule has 0 amide bonds. The Balaban J connectivity index is 1.80. The van der Waals surface area contributed by atoms with E-state index in [2.05, 4.69) is 76.2 Å². The fourth-order valence-electron chi connectivity index (χ4n) is 11.2. The van der Waals surface area contributed by atoms with Gasteiger partial charge in [0.2, 0.25) is 0 Å². The van der Waals surface area contributed by atoms with Gasteiger partial charge in [-0.15, -0.1) is 0 Å². The van der Waals surface area contributed by atoms with Crippen molar-refractivity contribution >= 4 is 11.9 Å². The van der Waals surface area contributed by atoms with E-state index >= 15 is 0 Å². The molecular weight excluding hydrogens is 427 g/mol. The van der Waals surface area contributed by atoms with Crippen molar-refractivity contribution in [1.29, 1.82) is 0 Å². The Labute approximate surface area is 208 Å². The molecule has 6 bridgehead atoms. The van der Waals surface area contributed by atoms with Crippen LogP contribution >= 0.6 is 6.60 Å². The van der Waals surface area contributed by atoms with Crippen molar-refractivity contribution in [2.75, 3.05) is 12.3 Å². The normalized spacial score (nSPS) is 34.4. The first kappa shape index (κ1) is 22.1. The van der Waals surface area contributed by atoms with Crippen LogP contribution in [0.4, 0.5) is 0 Å². The summed E-state index contributed by atoms with van der Waals surface area (Å²) in [5.74, 6) is 1.36. The average molecular weight is 473 g/mol. The molecule has 4 unspecified atom stereocenters. The van der Waals surface area contributed by atoms with Gasteiger partial charge < -0.3 is 0 Å². The van der Waals surface area contributed by atoms with Gasteiger partial charge >= 0.3 is 208 Å². The van der Waals surface area contributed by atoms with E-state index in [9.17, 15) is 0 Å². The Kier molecular flexibility index (Phi) is 3.72. The Morgan fingerprint density at radius 3 is 1.97 bits per heavy atom. The monoisotopic (exact) mass is 472 g/mol. The fraction of sp³-hybridized carbons (Fsp3) is 0.636. The molecule has 7 rings (SSSR count). The molecule has 3 aliphatic heterocycles. The number of hydrogen-bond acceptors (Lipinski definition) is 0. The van der Waals surface area contributed by atoms with Gasteiger partial charge in [0.15, 0.2) is 0 Å². The van der Waals surface area contributed by atoms with E-state index in [1.165, 1.54) is 25.2 Å². The molecule has 3 heterocycles. The molecule has 0 saturated carbocycles. The third-order valence-electron chi connectivity index (χ3n) is 12.7. The summed E-state index contributed by atoms with van der Waals surface area (Å²) in [5, 5.41) is 1.93. The van der Waals surface area contributed by atoms with Crippen LogP contribution < -0.4 is 5.30 Å². The predicted molar refractivity (Wildman–Crippen MR) is 151 cm³/mol. The molecule has 0 aromatic heterocycles. The van der Waals surface area contributed by atoms with E-state index in [0.29, 0.717) is 17.3 Å². The fourth-order valence-corrected chi connectivity index (χ4v) is 21.0. The molecule has 182 valence electrons. The minimum absolute atomic E-state index is 0.272. The molecule has 5 aliphatic rings. The molecule has 34 heavy (non-hydrogen) atoms. The van der Waals surface area contributed by atoms with E-state index < -0.39 is 6.60 Å². The molecule has 0 N–H and O–H groups in total. The summed E-state index contributed by atoms with van der Waals surface area (Å²) in [5.41, 5.74) is 21.4. The summed E-state index contributed by atoms with van der Waals surface area (Å²) >= 11 is 0. The third-order valence-corrected chi connectivity index (χ3v) is 21.7. The van der Waals surface area contributed by atoms with E-state index in [0.717, 1.165) is 11.3 Å². The molecule has 4 atom stereocenters. The van der Waals surface area contributed by atoms with Gasteiger partial charge in [-0.3, -0.25) is 0 Å². The molecule has 1 saturated heterocycles. The van der Waals surface area contributed by atoms with Gasteiger partial charge in [-0.25, -0.2) is 0 Å². The van der Waals surface area contributed by atoms with Crippen LogP contribution in [0.5, 0.6) is 0 Å². The first-order chi connectivity index (χ1) is 15.7. The summed E-state index contributed by atoms with van der Waals surface area (Å²) in [4.78, 5) is 0. The SMILES string of the molecule is Cc1c(C)c(C)c2c(c1C)-c1c3c4c5c(c1C(C5C)C(C)(C)C4)C(C)(C)CP21(CC1C)C(C)C3. The second kappa shape index (κ2) is 5.72. The van der Waals surface area contributed by atoms with Crippen molar-refractivity contribution in [2.24, 2.45) is 5.41 Å². The van der Waals surface area contributed by atoms with Crippen LogP contribution in [-0.2, 0) is 18.3 Å². The second-order valence-electron chi connectivity index (χ2n) is 15.0. The molecule has 2 aromatic rings. The summed E-state index contributed by atoms with van der Waals surface area (Å²) < 4.78 is 0. The molecular formula is C33H45P. The van der Waals surface area contributed by atoms with E-state index in [1.807, 2.05) is 27.6 Å². The van der Waals surface area contributed by atoms with E-state index in [1.54, 1.807) is 38.9 Å². The van der Waals surface area contributed by atoms with Gasteiger partial charge in [-0.2, -0.15) is 0 Å². The maximum absolute atomic E-state index is 2.71. The zero-order valence-electron chi connectivity index (χ0n) is 23.6. The molecule has 1 spiro atoms. The number of benzene rings is 2. The summed E-state index contributed by atoms with van der Waals surface area (Å²) in [6.07, 6.45) is 5.58. The van der Waals surface area contributed by atoms with Crippen LogP contribution in [-0.4, -0.2) is 23.6 Å². The molecule has 2 aliphatic carbocycles. The van der Waals surface area contributed by atoms with Gasteiger partial charge in [-0.05, 0) is 0 Å². The summed E-state index contributed by atoms with van der Waals surface area (Å²) in [6.45, 7) is 26.2. The number of fused-ring (bicyclic) bond motifs is 2. The van der Waals surface area contributed by atoms with Crippen LogP contribution in [0.1, 0.15) is 110 Å². The van der Waals surface area contributed by atoms with E-state index in [4.69, 9.17) is 0 Å². The quantitative estimate of drug-likeness (QED) is 0.339. The zero-order valence-corrected chi connectivity index (χ0v) is 24.5. The number of hydrogen-bond donors (Lipinski definition) is 0. The van der Waals surface area contributed by atoms with Gasteiger partial charge in [-0.1, -0.05) is 0 Å². The van der Waals surface area contributed by atoms with Crippen LogP contribution in [0.25, 0.3) is 11.1 Å². The molecule has 0 radical (unpaired) electrons. The molecule has 1 fully saturated rings. The van der Waals surface area contributed by atoms with E-state index in [-0.39, 0.29) is 5.41 Å². The van der Waals surface area contributed by atoms with Gasteiger partial charge in [0.05, 0.1) is 0 Å². The average Bonchev–Trinajstić information content (AvgIpc) is 3.29.